The molecule has 0 unspecified atom stereocenters. The SMILES string of the molecule is Cc1c(C(=O)O)n(CCCOc2cc(SCc3cc(CO)nn3C)cc3cc(F)ccc23)c2ccc(Cl)c(-c3c(CO)nn4c3COCC4)c12. The minimum atomic E-state index is -1.07. The second-order valence-corrected chi connectivity index (χ2v) is 13.6. The van der Waals surface area contributed by atoms with Crippen molar-refractivity contribution in [3.63, 3.8) is 0 Å². The van der Waals surface area contributed by atoms with Crippen LogP contribution >= 0.6 is 23.4 Å². The number of aliphatic hydroxyl groups is 2. The van der Waals surface area contributed by atoms with Gasteiger partial charge in [0.25, 0.3) is 0 Å². The number of thioether (sulfide) groups is 1. The van der Waals surface area contributed by atoms with Crippen LogP contribution in [0.3, 0.4) is 0 Å². The standard InChI is InChI=1S/C36H35ClFN5O6S/c1-20-32-29(7-6-27(37)33(32)34-28(17-45)40-43-9-11-48-18-30(34)43)42(35(20)36(46)47)8-3-10-49-31-15-25(13-21-12-22(38)4-5-26(21)31)50-19-24-14-23(16-44)39-41(24)2/h4-7,12-15,44-45H,3,8-11,16-19H2,1-2H3,(H,46,47). The van der Waals surface area contributed by atoms with Crippen LogP contribution in [0, 0.1) is 12.7 Å². The third kappa shape index (κ3) is 6.24. The summed E-state index contributed by atoms with van der Waals surface area (Å²) in [6.07, 6.45) is 0.472. The van der Waals surface area contributed by atoms with Crippen LogP contribution in [0.1, 0.15) is 45.2 Å². The molecule has 0 radical (unpaired) electrons. The van der Waals surface area contributed by atoms with Crippen molar-refractivity contribution in [1.82, 2.24) is 24.1 Å². The molecule has 3 aromatic heterocycles. The number of benzene rings is 3. The highest BCUT2D eigenvalue weighted by Gasteiger charge is 2.29. The van der Waals surface area contributed by atoms with Crippen LogP contribution in [-0.4, -0.2) is 58.6 Å². The molecule has 6 aromatic rings. The lowest BCUT2D eigenvalue weighted by Gasteiger charge is -2.17. The molecule has 50 heavy (non-hydrogen) atoms. The molecule has 1 aliphatic heterocycles. The van der Waals surface area contributed by atoms with Crippen molar-refractivity contribution in [2.24, 2.45) is 7.05 Å². The number of nitrogens with zero attached hydrogens (tertiary/aromatic N) is 5. The fourth-order valence-electron chi connectivity index (χ4n) is 6.79. The fraction of sp³-hybridized carbons (Fsp3) is 0.306. The van der Waals surface area contributed by atoms with Crippen molar-refractivity contribution in [2.45, 2.75) is 56.9 Å². The molecule has 7 rings (SSSR count). The van der Waals surface area contributed by atoms with E-state index in [0.29, 0.717) is 93.6 Å². The lowest BCUT2D eigenvalue weighted by Crippen LogP contribution is -2.17. The number of ether oxygens (including phenoxy) is 2. The van der Waals surface area contributed by atoms with Gasteiger partial charge in [-0.05, 0) is 72.8 Å². The van der Waals surface area contributed by atoms with E-state index in [1.807, 2.05) is 36.0 Å². The van der Waals surface area contributed by atoms with Crippen molar-refractivity contribution < 1.29 is 34.0 Å². The van der Waals surface area contributed by atoms with Crippen molar-refractivity contribution in [1.29, 1.82) is 0 Å². The van der Waals surface area contributed by atoms with Gasteiger partial charge in [0.2, 0.25) is 0 Å². The molecule has 0 saturated heterocycles. The molecule has 1 aliphatic rings. The number of carboxylic acids is 1. The number of aromatic carboxylic acids is 1. The summed E-state index contributed by atoms with van der Waals surface area (Å²) in [6, 6.07) is 13.8. The third-order valence-electron chi connectivity index (χ3n) is 9.05. The number of carboxylic acid groups (broad SMARTS) is 1. The summed E-state index contributed by atoms with van der Waals surface area (Å²) in [5.41, 5.74) is 5.46. The summed E-state index contributed by atoms with van der Waals surface area (Å²) in [5, 5.41) is 41.5. The number of halogens is 2. The Morgan fingerprint density at radius 2 is 1.94 bits per heavy atom. The number of rotatable bonds is 12. The third-order valence-corrected chi connectivity index (χ3v) is 10.4. The van der Waals surface area contributed by atoms with E-state index >= 15 is 0 Å². The second kappa shape index (κ2) is 14.1. The molecule has 14 heteroatoms. The average Bonchev–Trinajstić information content (AvgIpc) is 3.75. The molecule has 0 aliphatic carbocycles. The highest BCUT2D eigenvalue weighted by atomic mass is 35.5. The molecular formula is C36H35ClFN5O6S. The quantitative estimate of drug-likeness (QED) is 0.0961. The molecule has 0 spiro atoms. The Morgan fingerprint density at radius 1 is 1.10 bits per heavy atom. The first-order chi connectivity index (χ1) is 24.2. The normalized spacial score (nSPS) is 13.0. The molecule has 4 heterocycles. The largest absolute Gasteiger partial charge is 0.493 e. The van der Waals surface area contributed by atoms with Gasteiger partial charge in [-0.3, -0.25) is 9.36 Å². The lowest BCUT2D eigenvalue weighted by atomic mass is 9.96. The van der Waals surface area contributed by atoms with E-state index in [0.717, 1.165) is 21.7 Å². The van der Waals surface area contributed by atoms with Crippen LogP contribution in [0.15, 0.2) is 53.4 Å². The first-order valence-corrected chi connectivity index (χ1v) is 17.5. The molecule has 11 nitrogen and oxygen atoms in total. The zero-order chi connectivity index (χ0) is 35.1. The van der Waals surface area contributed by atoms with E-state index in [1.165, 1.54) is 12.1 Å². The Hall–Kier alpha value is -4.40. The molecule has 260 valence electrons. The molecule has 0 amide bonds. The van der Waals surface area contributed by atoms with Crippen molar-refractivity contribution in [3.05, 3.63) is 93.4 Å². The van der Waals surface area contributed by atoms with Gasteiger partial charge in [-0.25, -0.2) is 9.18 Å². The minimum absolute atomic E-state index is 0.139. The average molecular weight is 720 g/mol. The van der Waals surface area contributed by atoms with Gasteiger partial charge in [0.15, 0.2) is 0 Å². The monoisotopic (exact) mass is 719 g/mol. The van der Waals surface area contributed by atoms with Gasteiger partial charge in [0.1, 0.15) is 17.3 Å². The first-order valence-electron chi connectivity index (χ1n) is 16.1. The predicted octanol–water partition coefficient (Wildman–Crippen LogP) is 6.47. The molecule has 0 saturated carbocycles. The maximum Gasteiger partial charge on any atom is 0.352 e. The van der Waals surface area contributed by atoms with Crippen molar-refractivity contribution >= 4 is 51.0 Å². The second-order valence-electron chi connectivity index (χ2n) is 12.1. The Balaban J connectivity index is 1.17. The molecule has 0 fully saturated rings. The van der Waals surface area contributed by atoms with E-state index < -0.39 is 5.97 Å². The summed E-state index contributed by atoms with van der Waals surface area (Å²) in [6.45, 7) is 3.27. The number of aryl methyl sites for hydroxylation is 3. The van der Waals surface area contributed by atoms with Gasteiger partial charge >= 0.3 is 5.97 Å². The van der Waals surface area contributed by atoms with Gasteiger partial charge in [-0.15, -0.1) is 11.8 Å². The molecule has 0 atom stereocenters. The van der Waals surface area contributed by atoms with Crippen LogP contribution in [0.5, 0.6) is 5.75 Å². The van der Waals surface area contributed by atoms with Crippen LogP contribution in [-0.2, 0) is 50.4 Å². The Morgan fingerprint density at radius 3 is 2.70 bits per heavy atom. The first kappa shape index (κ1) is 34.1. The van der Waals surface area contributed by atoms with Crippen LogP contribution in [0.2, 0.25) is 5.02 Å². The highest BCUT2D eigenvalue weighted by Crippen LogP contribution is 2.43. The number of hydrogen-bond acceptors (Lipinski definition) is 8. The summed E-state index contributed by atoms with van der Waals surface area (Å²) < 4.78 is 31.6. The predicted molar refractivity (Wildman–Crippen MR) is 188 cm³/mol. The van der Waals surface area contributed by atoms with E-state index in [9.17, 15) is 24.5 Å². The van der Waals surface area contributed by atoms with Gasteiger partial charge in [-0.2, -0.15) is 10.2 Å². The number of aliphatic hydroxyl groups excluding tert-OH is 2. The Kier molecular flexibility index (Phi) is 9.59. The fourth-order valence-corrected chi connectivity index (χ4v) is 8.03. The van der Waals surface area contributed by atoms with Crippen LogP contribution in [0.4, 0.5) is 4.39 Å². The van der Waals surface area contributed by atoms with E-state index in [2.05, 4.69) is 10.2 Å². The summed E-state index contributed by atoms with van der Waals surface area (Å²) in [5.74, 6) is -0.239. The lowest BCUT2D eigenvalue weighted by molar-refractivity contribution is 0.0684. The van der Waals surface area contributed by atoms with Gasteiger partial charge in [0.05, 0.1) is 56.7 Å². The maximum absolute atomic E-state index is 14.3. The summed E-state index contributed by atoms with van der Waals surface area (Å²) >= 11 is 8.39. The Labute approximate surface area is 295 Å². The zero-order valence-electron chi connectivity index (χ0n) is 27.4. The minimum Gasteiger partial charge on any atom is -0.493 e. The zero-order valence-corrected chi connectivity index (χ0v) is 29.0. The number of aromatic nitrogens is 5. The highest BCUT2D eigenvalue weighted by molar-refractivity contribution is 7.98. The number of hydrogen-bond donors (Lipinski definition) is 3. The summed E-state index contributed by atoms with van der Waals surface area (Å²) in [4.78, 5) is 13.6. The molecule has 3 N–H and O–H groups in total. The Bertz CT molecular complexity index is 2260. The number of fused-ring (bicyclic) bond motifs is 3. The smallest absolute Gasteiger partial charge is 0.352 e. The van der Waals surface area contributed by atoms with Crippen LogP contribution < -0.4 is 4.74 Å². The molecule has 0 bridgehead atoms. The molecule has 3 aromatic carbocycles. The van der Waals surface area contributed by atoms with Crippen molar-refractivity contribution in [3.8, 4) is 16.9 Å². The van der Waals surface area contributed by atoms with Gasteiger partial charge in [-0.1, -0.05) is 11.6 Å². The van der Waals surface area contributed by atoms with Crippen LogP contribution in [0.25, 0.3) is 32.8 Å². The molecular weight excluding hydrogens is 685 g/mol. The van der Waals surface area contributed by atoms with E-state index in [-0.39, 0.29) is 31.3 Å². The summed E-state index contributed by atoms with van der Waals surface area (Å²) in [7, 11) is 1.83. The topological polar surface area (TPSA) is 137 Å². The van der Waals surface area contributed by atoms with E-state index in [4.69, 9.17) is 21.1 Å². The number of carbonyl (C=O) groups is 1. The van der Waals surface area contributed by atoms with Gasteiger partial charge in [0, 0.05) is 62.4 Å². The van der Waals surface area contributed by atoms with Gasteiger partial charge < -0.3 is 29.4 Å². The maximum atomic E-state index is 14.3. The van der Waals surface area contributed by atoms with Crippen molar-refractivity contribution in [2.75, 3.05) is 13.2 Å². The van der Waals surface area contributed by atoms with E-state index in [1.54, 1.807) is 40.1 Å².